The molecule has 0 saturated heterocycles. The third-order valence-corrected chi connectivity index (χ3v) is 3.81. The van der Waals surface area contributed by atoms with Gasteiger partial charge < -0.3 is 0 Å². The predicted molar refractivity (Wildman–Crippen MR) is 86.8 cm³/mol. The van der Waals surface area contributed by atoms with Gasteiger partial charge in [-0.3, -0.25) is 11.3 Å². The second-order valence-corrected chi connectivity index (χ2v) is 7.72. The molecule has 0 heterocycles. The van der Waals surface area contributed by atoms with E-state index in [1.165, 1.54) is 12.0 Å². The predicted octanol–water partition coefficient (Wildman–Crippen LogP) is 4.29. The summed E-state index contributed by atoms with van der Waals surface area (Å²) < 4.78 is 1.12. The summed E-state index contributed by atoms with van der Waals surface area (Å²) in [4.78, 5) is 0. The monoisotopic (exact) mass is 326 g/mol. The molecule has 0 bridgehead atoms. The highest BCUT2D eigenvalue weighted by molar-refractivity contribution is 9.10. The van der Waals surface area contributed by atoms with Crippen molar-refractivity contribution in [2.24, 2.45) is 17.2 Å². The first kappa shape index (κ1) is 16.7. The molecule has 0 aliphatic heterocycles. The van der Waals surface area contributed by atoms with Crippen LogP contribution in [0.2, 0.25) is 0 Å². The summed E-state index contributed by atoms with van der Waals surface area (Å²) in [6.07, 6.45) is 3.33. The lowest BCUT2D eigenvalue weighted by atomic mass is 9.82. The summed E-state index contributed by atoms with van der Waals surface area (Å²) in [5, 5.41) is 0. The molecular formula is C16H27BrN2. The molecule has 0 amide bonds. The Morgan fingerprint density at radius 2 is 1.79 bits per heavy atom. The van der Waals surface area contributed by atoms with Crippen LogP contribution in [0.3, 0.4) is 0 Å². The summed E-state index contributed by atoms with van der Waals surface area (Å²) in [6, 6.07) is 8.83. The van der Waals surface area contributed by atoms with Crippen molar-refractivity contribution < 1.29 is 0 Å². The highest BCUT2D eigenvalue weighted by atomic mass is 79.9. The maximum Gasteiger partial charge on any atom is 0.0253 e. The van der Waals surface area contributed by atoms with Crippen LogP contribution in [0.5, 0.6) is 0 Å². The molecule has 1 aromatic carbocycles. The molecule has 0 fully saturated rings. The molecule has 2 unspecified atom stereocenters. The smallest absolute Gasteiger partial charge is 0.0253 e. The zero-order chi connectivity index (χ0) is 14.5. The molecule has 108 valence electrons. The topological polar surface area (TPSA) is 38.0 Å². The fourth-order valence-electron chi connectivity index (χ4n) is 2.73. The highest BCUT2D eigenvalue weighted by Crippen LogP contribution is 2.27. The summed E-state index contributed by atoms with van der Waals surface area (Å²) in [7, 11) is 0. The van der Waals surface area contributed by atoms with Gasteiger partial charge in [0.05, 0.1) is 0 Å². The second-order valence-electron chi connectivity index (χ2n) is 6.80. The van der Waals surface area contributed by atoms with Crippen LogP contribution in [0.1, 0.15) is 46.1 Å². The standard InChI is InChI=1S/C16H27BrN2/c1-12(11-16(2,3)4)9-15(19-18)10-13-5-7-14(17)8-6-13/h5-8,12,15,19H,9-11,18H2,1-4H3. The number of hydrazine groups is 1. The van der Waals surface area contributed by atoms with E-state index >= 15 is 0 Å². The Hall–Kier alpha value is -0.380. The van der Waals surface area contributed by atoms with Gasteiger partial charge in [0.25, 0.3) is 0 Å². The van der Waals surface area contributed by atoms with E-state index in [4.69, 9.17) is 5.84 Å². The minimum Gasteiger partial charge on any atom is -0.271 e. The van der Waals surface area contributed by atoms with Gasteiger partial charge in [-0.1, -0.05) is 55.8 Å². The van der Waals surface area contributed by atoms with Gasteiger partial charge in [0.15, 0.2) is 0 Å². The summed E-state index contributed by atoms with van der Waals surface area (Å²) in [5.74, 6) is 6.38. The molecule has 0 aliphatic carbocycles. The molecule has 0 aromatic heterocycles. The van der Waals surface area contributed by atoms with Crippen LogP contribution in [-0.2, 0) is 6.42 Å². The SMILES string of the molecule is CC(CC(Cc1ccc(Br)cc1)NN)CC(C)(C)C. The Kier molecular flexibility index (Phi) is 6.51. The van der Waals surface area contributed by atoms with Gasteiger partial charge in [-0.25, -0.2) is 0 Å². The van der Waals surface area contributed by atoms with E-state index in [0.29, 0.717) is 17.4 Å². The van der Waals surface area contributed by atoms with Crippen LogP contribution in [0.25, 0.3) is 0 Å². The van der Waals surface area contributed by atoms with Gasteiger partial charge in [0.1, 0.15) is 0 Å². The lowest BCUT2D eigenvalue weighted by molar-refractivity contribution is 0.274. The highest BCUT2D eigenvalue weighted by Gasteiger charge is 2.18. The fraction of sp³-hybridized carbons (Fsp3) is 0.625. The molecular weight excluding hydrogens is 300 g/mol. The van der Waals surface area contributed by atoms with Crippen LogP contribution in [0.15, 0.2) is 28.7 Å². The Morgan fingerprint density at radius 1 is 1.21 bits per heavy atom. The summed E-state index contributed by atoms with van der Waals surface area (Å²) in [5.41, 5.74) is 4.68. The normalized spacial score (nSPS) is 15.3. The average molecular weight is 327 g/mol. The summed E-state index contributed by atoms with van der Waals surface area (Å²) in [6.45, 7) is 9.20. The molecule has 2 atom stereocenters. The Labute approximate surface area is 126 Å². The fourth-order valence-corrected chi connectivity index (χ4v) is 2.99. The number of benzene rings is 1. The van der Waals surface area contributed by atoms with Crippen molar-refractivity contribution in [3.8, 4) is 0 Å². The molecule has 0 aliphatic rings. The Bertz CT molecular complexity index is 367. The number of nitrogens with two attached hydrogens (primary N) is 1. The molecule has 3 N–H and O–H groups in total. The van der Waals surface area contributed by atoms with E-state index < -0.39 is 0 Å². The number of nitrogens with one attached hydrogen (secondary N) is 1. The first-order valence-corrected chi connectivity index (χ1v) is 7.80. The van der Waals surface area contributed by atoms with Gasteiger partial charge in [-0.2, -0.15) is 0 Å². The van der Waals surface area contributed by atoms with Crippen molar-refractivity contribution in [1.29, 1.82) is 0 Å². The van der Waals surface area contributed by atoms with E-state index in [2.05, 4.69) is 73.3 Å². The lowest BCUT2D eigenvalue weighted by Gasteiger charge is -2.26. The minimum atomic E-state index is 0.346. The van der Waals surface area contributed by atoms with Crippen LogP contribution < -0.4 is 11.3 Å². The quantitative estimate of drug-likeness (QED) is 0.604. The molecule has 0 saturated carbocycles. The van der Waals surface area contributed by atoms with Crippen LogP contribution >= 0.6 is 15.9 Å². The third-order valence-electron chi connectivity index (χ3n) is 3.28. The van der Waals surface area contributed by atoms with Crippen molar-refractivity contribution in [2.75, 3.05) is 0 Å². The lowest BCUT2D eigenvalue weighted by Crippen LogP contribution is -2.38. The van der Waals surface area contributed by atoms with Gasteiger partial charge in [0, 0.05) is 10.5 Å². The first-order chi connectivity index (χ1) is 8.80. The number of hydrogen-bond acceptors (Lipinski definition) is 2. The zero-order valence-electron chi connectivity index (χ0n) is 12.5. The molecule has 1 aromatic rings. The molecule has 3 heteroatoms. The number of hydrogen-bond donors (Lipinski definition) is 2. The van der Waals surface area contributed by atoms with Gasteiger partial charge >= 0.3 is 0 Å². The Morgan fingerprint density at radius 3 is 2.26 bits per heavy atom. The van der Waals surface area contributed by atoms with E-state index in [0.717, 1.165) is 17.3 Å². The largest absolute Gasteiger partial charge is 0.271 e. The van der Waals surface area contributed by atoms with E-state index in [9.17, 15) is 0 Å². The van der Waals surface area contributed by atoms with Crippen molar-refractivity contribution in [3.63, 3.8) is 0 Å². The van der Waals surface area contributed by atoms with Gasteiger partial charge in [0.2, 0.25) is 0 Å². The van der Waals surface area contributed by atoms with Gasteiger partial charge in [-0.15, -0.1) is 0 Å². The number of halogens is 1. The Balaban J connectivity index is 2.51. The maximum atomic E-state index is 5.70. The number of rotatable bonds is 6. The van der Waals surface area contributed by atoms with E-state index in [1.807, 2.05) is 0 Å². The maximum absolute atomic E-state index is 5.70. The van der Waals surface area contributed by atoms with E-state index in [1.54, 1.807) is 0 Å². The van der Waals surface area contributed by atoms with Crippen molar-refractivity contribution in [2.45, 2.75) is 53.0 Å². The van der Waals surface area contributed by atoms with Crippen molar-refractivity contribution >= 4 is 15.9 Å². The first-order valence-electron chi connectivity index (χ1n) is 7.01. The van der Waals surface area contributed by atoms with Crippen LogP contribution in [-0.4, -0.2) is 6.04 Å². The van der Waals surface area contributed by atoms with Crippen LogP contribution in [0, 0.1) is 11.3 Å². The van der Waals surface area contributed by atoms with Gasteiger partial charge in [-0.05, 0) is 48.3 Å². The van der Waals surface area contributed by atoms with E-state index in [-0.39, 0.29) is 0 Å². The molecule has 1 rings (SSSR count). The second kappa shape index (κ2) is 7.41. The van der Waals surface area contributed by atoms with Crippen molar-refractivity contribution in [3.05, 3.63) is 34.3 Å². The molecule has 2 nitrogen and oxygen atoms in total. The van der Waals surface area contributed by atoms with Crippen molar-refractivity contribution in [1.82, 2.24) is 5.43 Å². The third kappa shape index (κ3) is 7.09. The van der Waals surface area contributed by atoms with Crippen LogP contribution in [0.4, 0.5) is 0 Å². The molecule has 0 spiro atoms. The summed E-state index contributed by atoms with van der Waals surface area (Å²) >= 11 is 3.46. The molecule has 19 heavy (non-hydrogen) atoms. The molecule has 0 radical (unpaired) electrons. The minimum absolute atomic E-state index is 0.346. The average Bonchev–Trinajstić information content (AvgIpc) is 2.28. The zero-order valence-corrected chi connectivity index (χ0v) is 14.1.